The molecule has 0 saturated carbocycles. The maximum absolute atomic E-state index is 13.1. The standard InChI is InChI=1S/C18H24N2O4S2.ClH/c1-15-8-9-17(25(2,21)22)14-18(15)26(23,24)20(13-11-19)12-10-16-6-4-3-5-7-16;/h3-9,14H,10-13,19H2,1-2H3;1H. The molecule has 0 heterocycles. The van der Waals surface area contributed by atoms with Gasteiger partial charge in [0.2, 0.25) is 10.0 Å². The molecule has 0 radical (unpaired) electrons. The molecule has 2 aromatic carbocycles. The Kier molecular flexibility index (Phi) is 8.44. The quantitative estimate of drug-likeness (QED) is 0.688. The Morgan fingerprint density at radius 1 is 0.963 bits per heavy atom. The van der Waals surface area contributed by atoms with Gasteiger partial charge in [-0.25, -0.2) is 16.8 Å². The van der Waals surface area contributed by atoms with Crippen LogP contribution in [-0.4, -0.2) is 47.0 Å². The van der Waals surface area contributed by atoms with Crippen LogP contribution in [0.5, 0.6) is 0 Å². The Bertz CT molecular complexity index is 962. The first-order valence-corrected chi connectivity index (χ1v) is 11.5. The predicted molar refractivity (Wildman–Crippen MR) is 109 cm³/mol. The fraction of sp³-hybridized carbons (Fsp3) is 0.333. The van der Waals surface area contributed by atoms with Gasteiger partial charge in [-0.05, 0) is 36.6 Å². The fourth-order valence-electron chi connectivity index (χ4n) is 2.62. The number of rotatable bonds is 8. The number of sulfonamides is 1. The van der Waals surface area contributed by atoms with Crippen molar-refractivity contribution in [1.82, 2.24) is 4.31 Å². The van der Waals surface area contributed by atoms with E-state index in [0.29, 0.717) is 12.0 Å². The van der Waals surface area contributed by atoms with E-state index in [0.717, 1.165) is 11.8 Å². The number of aryl methyl sites for hydroxylation is 1. The molecular formula is C18H25ClN2O4S2. The number of hydrogen-bond donors (Lipinski definition) is 1. The predicted octanol–water partition coefficient (Wildman–Crippen LogP) is 2.01. The monoisotopic (exact) mass is 432 g/mol. The summed E-state index contributed by atoms with van der Waals surface area (Å²) in [5.41, 5.74) is 7.13. The zero-order valence-corrected chi connectivity index (χ0v) is 17.8. The average Bonchev–Trinajstić information content (AvgIpc) is 2.58. The van der Waals surface area contributed by atoms with E-state index in [2.05, 4.69) is 0 Å². The first-order chi connectivity index (χ1) is 12.2. The highest BCUT2D eigenvalue weighted by molar-refractivity contribution is 7.91. The molecule has 0 aliphatic carbocycles. The zero-order chi connectivity index (χ0) is 19.4. The maximum atomic E-state index is 13.1. The number of nitrogens with two attached hydrogens (primary N) is 1. The molecule has 0 aliphatic rings. The molecule has 0 bridgehead atoms. The summed E-state index contributed by atoms with van der Waals surface area (Å²) >= 11 is 0. The Morgan fingerprint density at radius 3 is 2.15 bits per heavy atom. The number of benzene rings is 2. The van der Waals surface area contributed by atoms with Crippen LogP contribution in [-0.2, 0) is 26.3 Å². The van der Waals surface area contributed by atoms with Crippen molar-refractivity contribution in [1.29, 1.82) is 0 Å². The highest BCUT2D eigenvalue weighted by atomic mass is 35.5. The summed E-state index contributed by atoms with van der Waals surface area (Å²) in [7, 11) is -7.36. The van der Waals surface area contributed by atoms with Gasteiger partial charge in [0.05, 0.1) is 9.79 Å². The Morgan fingerprint density at radius 2 is 1.59 bits per heavy atom. The summed E-state index contributed by atoms with van der Waals surface area (Å²) < 4.78 is 51.2. The van der Waals surface area contributed by atoms with Gasteiger partial charge in [0, 0.05) is 25.9 Å². The molecule has 2 aromatic rings. The van der Waals surface area contributed by atoms with E-state index in [1.807, 2.05) is 30.3 Å². The molecule has 0 saturated heterocycles. The largest absolute Gasteiger partial charge is 0.329 e. The molecule has 2 rings (SSSR count). The highest BCUT2D eigenvalue weighted by Crippen LogP contribution is 2.23. The topological polar surface area (TPSA) is 97.5 Å². The van der Waals surface area contributed by atoms with Crippen LogP contribution in [0.1, 0.15) is 11.1 Å². The molecule has 2 N–H and O–H groups in total. The fourth-order valence-corrected chi connectivity index (χ4v) is 5.05. The molecule has 0 spiro atoms. The van der Waals surface area contributed by atoms with Gasteiger partial charge in [-0.15, -0.1) is 12.4 Å². The van der Waals surface area contributed by atoms with Gasteiger partial charge in [0.1, 0.15) is 0 Å². The summed E-state index contributed by atoms with van der Waals surface area (Å²) in [6, 6.07) is 13.7. The lowest BCUT2D eigenvalue weighted by molar-refractivity contribution is 0.421. The van der Waals surface area contributed by atoms with Gasteiger partial charge in [-0.2, -0.15) is 4.31 Å². The second-order valence-corrected chi connectivity index (χ2v) is 10.0. The molecule has 0 atom stereocenters. The zero-order valence-electron chi connectivity index (χ0n) is 15.3. The minimum atomic E-state index is -3.86. The van der Waals surface area contributed by atoms with Crippen LogP contribution < -0.4 is 5.73 Å². The minimum absolute atomic E-state index is 0. The van der Waals surface area contributed by atoms with E-state index >= 15 is 0 Å². The molecule has 150 valence electrons. The van der Waals surface area contributed by atoms with Crippen molar-refractivity contribution in [3.8, 4) is 0 Å². The van der Waals surface area contributed by atoms with E-state index in [1.165, 1.54) is 22.5 Å². The second kappa shape index (κ2) is 9.66. The SMILES string of the molecule is Cc1ccc(S(C)(=O)=O)cc1S(=O)(=O)N(CCN)CCc1ccccc1.Cl. The van der Waals surface area contributed by atoms with Gasteiger partial charge >= 0.3 is 0 Å². The van der Waals surface area contributed by atoms with Crippen LogP contribution in [0.25, 0.3) is 0 Å². The van der Waals surface area contributed by atoms with Crippen LogP contribution in [0.4, 0.5) is 0 Å². The lowest BCUT2D eigenvalue weighted by atomic mass is 10.1. The third kappa shape index (κ3) is 6.02. The van der Waals surface area contributed by atoms with Crippen LogP contribution in [0.3, 0.4) is 0 Å². The molecule has 0 amide bonds. The number of nitrogens with zero attached hydrogens (tertiary/aromatic N) is 1. The van der Waals surface area contributed by atoms with Crippen molar-refractivity contribution in [3.05, 3.63) is 59.7 Å². The van der Waals surface area contributed by atoms with E-state index in [-0.39, 0.29) is 41.8 Å². The van der Waals surface area contributed by atoms with Crippen molar-refractivity contribution in [2.45, 2.75) is 23.1 Å². The van der Waals surface area contributed by atoms with Crippen molar-refractivity contribution in [2.24, 2.45) is 5.73 Å². The molecule has 0 fully saturated rings. The molecule has 0 aliphatic heterocycles. The number of halogens is 1. The second-order valence-electron chi connectivity index (χ2n) is 6.13. The summed E-state index contributed by atoms with van der Waals surface area (Å²) in [6.45, 7) is 2.26. The lowest BCUT2D eigenvalue weighted by Crippen LogP contribution is -2.37. The van der Waals surface area contributed by atoms with Crippen LogP contribution in [0.15, 0.2) is 58.3 Å². The smallest absolute Gasteiger partial charge is 0.243 e. The van der Waals surface area contributed by atoms with E-state index in [4.69, 9.17) is 5.73 Å². The van der Waals surface area contributed by atoms with Crippen molar-refractivity contribution in [3.63, 3.8) is 0 Å². The van der Waals surface area contributed by atoms with Gasteiger partial charge < -0.3 is 5.73 Å². The molecule has 0 unspecified atom stereocenters. The Labute approximate surface area is 167 Å². The molecule has 6 nitrogen and oxygen atoms in total. The van der Waals surface area contributed by atoms with Crippen LogP contribution >= 0.6 is 12.4 Å². The maximum Gasteiger partial charge on any atom is 0.243 e. The first kappa shape index (κ1) is 23.6. The van der Waals surface area contributed by atoms with E-state index in [1.54, 1.807) is 6.92 Å². The summed E-state index contributed by atoms with van der Waals surface area (Å²) in [4.78, 5) is -0.0145. The number of sulfone groups is 1. The highest BCUT2D eigenvalue weighted by Gasteiger charge is 2.26. The molecule has 0 aromatic heterocycles. The van der Waals surface area contributed by atoms with E-state index in [9.17, 15) is 16.8 Å². The summed E-state index contributed by atoms with van der Waals surface area (Å²) in [5.74, 6) is 0. The summed E-state index contributed by atoms with van der Waals surface area (Å²) in [5, 5.41) is 0. The molecule has 9 heteroatoms. The normalized spacial score (nSPS) is 12.0. The van der Waals surface area contributed by atoms with Gasteiger partial charge in [0.25, 0.3) is 0 Å². The Hall–Kier alpha value is -1.45. The van der Waals surface area contributed by atoms with Crippen LogP contribution in [0, 0.1) is 6.92 Å². The lowest BCUT2D eigenvalue weighted by Gasteiger charge is -2.23. The van der Waals surface area contributed by atoms with Gasteiger partial charge in [-0.1, -0.05) is 36.4 Å². The molecular weight excluding hydrogens is 408 g/mol. The number of hydrogen-bond acceptors (Lipinski definition) is 5. The first-order valence-electron chi connectivity index (χ1n) is 8.21. The van der Waals surface area contributed by atoms with E-state index < -0.39 is 19.9 Å². The van der Waals surface area contributed by atoms with Gasteiger partial charge in [0.15, 0.2) is 9.84 Å². The van der Waals surface area contributed by atoms with Crippen LogP contribution in [0.2, 0.25) is 0 Å². The molecule has 27 heavy (non-hydrogen) atoms. The third-order valence-corrected chi connectivity index (χ3v) is 7.23. The van der Waals surface area contributed by atoms with Crippen molar-refractivity contribution < 1.29 is 16.8 Å². The minimum Gasteiger partial charge on any atom is -0.329 e. The van der Waals surface area contributed by atoms with Gasteiger partial charge in [-0.3, -0.25) is 0 Å². The Balaban J connectivity index is 0.00000364. The summed E-state index contributed by atoms with van der Waals surface area (Å²) in [6.07, 6.45) is 1.60. The average molecular weight is 433 g/mol. The van der Waals surface area contributed by atoms with Crippen molar-refractivity contribution >= 4 is 32.3 Å². The third-order valence-electron chi connectivity index (χ3n) is 4.08. The van der Waals surface area contributed by atoms with Crippen molar-refractivity contribution in [2.75, 3.05) is 25.9 Å².